The van der Waals surface area contributed by atoms with Crippen LogP contribution in [0.3, 0.4) is 0 Å². The monoisotopic (exact) mass is 499 g/mol. The van der Waals surface area contributed by atoms with Crippen molar-refractivity contribution in [2.24, 2.45) is 5.92 Å². The molecule has 0 unspecified atom stereocenters. The van der Waals surface area contributed by atoms with Crippen molar-refractivity contribution >= 4 is 40.7 Å². The minimum Gasteiger partial charge on any atom is -0.452 e. The summed E-state index contributed by atoms with van der Waals surface area (Å²) in [6, 6.07) is 15.5. The van der Waals surface area contributed by atoms with Gasteiger partial charge in [-0.05, 0) is 30.2 Å². The Morgan fingerprint density at radius 2 is 1.49 bits per heavy atom. The van der Waals surface area contributed by atoms with Gasteiger partial charge in [-0.1, -0.05) is 50.2 Å². The molecule has 37 heavy (non-hydrogen) atoms. The standard InChI is InChI=1S/C28H25N3O6/c1-15(2)13-30-27(35)18-9-5-6-10-21(18)31-22(32)14-37-28(36)20-12-11-19-23(24(20)29)26(34)17-8-4-3-7-16(17)25(19)33/h3-12,15H,13-14,29H2,1-2H3,(H,30,35)(H,31,32). The molecule has 0 aliphatic heterocycles. The van der Waals surface area contributed by atoms with E-state index in [1.165, 1.54) is 18.2 Å². The molecule has 0 saturated heterocycles. The number of fused-ring (bicyclic) bond motifs is 2. The fraction of sp³-hybridized carbons (Fsp3) is 0.179. The summed E-state index contributed by atoms with van der Waals surface area (Å²) in [6.45, 7) is 3.74. The Labute approximate surface area is 213 Å². The smallest absolute Gasteiger partial charge is 0.340 e. The number of nitrogen functional groups attached to an aromatic ring is 1. The predicted octanol–water partition coefficient (Wildman–Crippen LogP) is 3.23. The maximum absolute atomic E-state index is 13.0. The summed E-state index contributed by atoms with van der Waals surface area (Å²) in [4.78, 5) is 63.5. The fourth-order valence-electron chi connectivity index (χ4n) is 3.97. The van der Waals surface area contributed by atoms with Gasteiger partial charge in [0.05, 0.1) is 28.1 Å². The van der Waals surface area contributed by atoms with Crippen LogP contribution < -0.4 is 16.4 Å². The second kappa shape index (κ2) is 10.4. The molecule has 4 rings (SSSR count). The number of amides is 2. The van der Waals surface area contributed by atoms with Crippen LogP contribution in [0.1, 0.15) is 66.4 Å². The predicted molar refractivity (Wildman–Crippen MR) is 137 cm³/mol. The third-order valence-electron chi connectivity index (χ3n) is 5.80. The van der Waals surface area contributed by atoms with E-state index in [2.05, 4.69) is 10.6 Å². The van der Waals surface area contributed by atoms with Crippen LogP contribution >= 0.6 is 0 Å². The third kappa shape index (κ3) is 5.11. The number of hydrogen-bond acceptors (Lipinski definition) is 7. The van der Waals surface area contributed by atoms with Crippen molar-refractivity contribution in [3.8, 4) is 0 Å². The maximum atomic E-state index is 13.0. The topological polar surface area (TPSA) is 145 Å². The number of carbonyl (C=O) groups excluding carboxylic acids is 5. The highest BCUT2D eigenvalue weighted by Gasteiger charge is 2.33. The van der Waals surface area contributed by atoms with Crippen molar-refractivity contribution in [3.05, 3.63) is 94.0 Å². The number of ether oxygens (including phenoxy) is 1. The number of carbonyl (C=O) groups is 5. The van der Waals surface area contributed by atoms with Crippen molar-refractivity contribution in [2.45, 2.75) is 13.8 Å². The Morgan fingerprint density at radius 1 is 0.838 bits per heavy atom. The van der Waals surface area contributed by atoms with Gasteiger partial charge in [-0.25, -0.2) is 4.79 Å². The van der Waals surface area contributed by atoms with E-state index in [4.69, 9.17) is 10.5 Å². The molecular weight excluding hydrogens is 474 g/mol. The molecule has 3 aromatic carbocycles. The summed E-state index contributed by atoms with van der Waals surface area (Å²) in [5.74, 6) is -2.53. The summed E-state index contributed by atoms with van der Waals surface area (Å²) in [5, 5.41) is 5.35. The average Bonchev–Trinajstić information content (AvgIpc) is 2.89. The zero-order valence-electron chi connectivity index (χ0n) is 20.3. The normalized spacial score (nSPS) is 12.0. The molecule has 3 aromatic rings. The molecular formula is C28H25N3O6. The lowest BCUT2D eigenvalue weighted by atomic mass is 9.82. The van der Waals surface area contributed by atoms with Crippen LogP contribution in [0.5, 0.6) is 0 Å². The highest BCUT2D eigenvalue weighted by atomic mass is 16.5. The van der Waals surface area contributed by atoms with E-state index in [1.807, 2.05) is 13.8 Å². The molecule has 188 valence electrons. The second-order valence-electron chi connectivity index (χ2n) is 8.93. The molecule has 0 bridgehead atoms. The SMILES string of the molecule is CC(C)CNC(=O)c1ccccc1NC(=O)COC(=O)c1ccc2c(c1N)C(=O)c1ccccc1C2=O. The van der Waals surface area contributed by atoms with Gasteiger partial charge in [0.15, 0.2) is 18.2 Å². The Balaban J connectivity index is 1.46. The molecule has 0 fully saturated rings. The van der Waals surface area contributed by atoms with Crippen LogP contribution in [0.4, 0.5) is 11.4 Å². The second-order valence-corrected chi connectivity index (χ2v) is 8.93. The van der Waals surface area contributed by atoms with Gasteiger partial charge < -0.3 is 21.1 Å². The summed E-state index contributed by atoms with van der Waals surface area (Å²) in [7, 11) is 0. The minimum atomic E-state index is -0.933. The molecule has 0 radical (unpaired) electrons. The third-order valence-corrected chi connectivity index (χ3v) is 5.80. The van der Waals surface area contributed by atoms with Gasteiger partial charge in [-0.15, -0.1) is 0 Å². The Kier molecular flexibility index (Phi) is 7.15. The maximum Gasteiger partial charge on any atom is 0.340 e. The van der Waals surface area contributed by atoms with Crippen molar-refractivity contribution in [2.75, 3.05) is 24.2 Å². The average molecular weight is 500 g/mol. The van der Waals surface area contributed by atoms with E-state index < -0.39 is 24.3 Å². The van der Waals surface area contributed by atoms with Gasteiger partial charge in [0.25, 0.3) is 11.8 Å². The highest BCUT2D eigenvalue weighted by molar-refractivity contribution is 6.30. The van der Waals surface area contributed by atoms with Gasteiger partial charge in [-0.2, -0.15) is 0 Å². The molecule has 2 amide bonds. The summed E-state index contributed by atoms with van der Waals surface area (Å²) in [6.07, 6.45) is 0. The number of nitrogens with one attached hydrogen (secondary N) is 2. The van der Waals surface area contributed by atoms with Crippen molar-refractivity contribution in [3.63, 3.8) is 0 Å². The Morgan fingerprint density at radius 3 is 2.19 bits per heavy atom. The highest BCUT2D eigenvalue weighted by Crippen LogP contribution is 2.32. The molecule has 1 aliphatic rings. The first kappa shape index (κ1) is 25.3. The molecule has 9 nitrogen and oxygen atoms in total. The van der Waals surface area contributed by atoms with Crippen LogP contribution in [0.15, 0.2) is 60.7 Å². The number of nitrogens with two attached hydrogens (primary N) is 1. The van der Waals surface area contributed by atoms with E-state index in [0.29, 0.717) is 6.54 Å². The van der Waals surface area contributed by atoms with Crippen molar-refractivity contribution < 1.29 is 28.7 Å². The number of ketones is 2. The molecule has 0 spiro atoms. The number of benzene rings is 3. The van der Waals surface area contributed by atoms with E-state index in [1.54, 1.807) is 42.5 Å². The molecule has 0 saturated carbocycles. The first-order valence-corrected chi connectivity index (χ1v) is 11.6. The van der Waals surface area contributed by atoms with E-state index in [9.17, 15) is 24.0 Å². The number of esters is 1. The number of rotatable bonds is 7. The van der Waals surface area contributed by atoms with Crippen molar-refractivity contribution in [1.29, 1.82) is 0 Å². The molecule has 4 N–H and O–H groups in total. The minimum absolute atomic E-state index is 0.0658. The van der Waals surface area contributed by atoms with Crippen LogP contribution in [0.25, 0.3) is 0 Å². The van der Waals surface area contributed by atoms with E-state index in [-0.39, 0.29) is 62.4 Å². The van der Waals surface area contributed by atoms with Gasteiger partial charge in [0, 0.05) is 23.2 Å². The fourth-order valence-corrected chi connectivity index (χ4v) is 3.97. The lowest BCUT2D eigenvalue weighted by molar-refractivity contribution is -0.119. The molecule has 9 heteroatoms. The molecule has 0 heterocycles. The molecule has 0 atom stereocenters. The van der Waals surface area contributed by atoms with Gasteiger partial charge in [-0.3, -0.25) is 19.2 Å². The van der Waals surface area contributed by atoms with Crippen LogP contribution in [0, 0.1) is 5.92 Å². The largest absolute Gasteiger partial charge is 0.452 e. The number of anilines is 2. The van der Waals surface area contributed by atoms with Crippen LogP contribution in [-0.4, -0.2) is 42.5 Å². The summed E-state index contributed by atoms with van der Waals surface area (Å²) in [5.41, 5.74) is 6.84. The lowest BCUT2D eigenvalue weighted by Gasteiger charge is -2.20. The molecule has 0 aromatic heterocycles. The van der Waals surface area contributed by atoms with E-state index >= 15 is 0 Å². The number of para-hydroxylation sites is 1. The van der Waals surface area contributed by atoms with Crippen LogP contribution in [-0.2, 0) is 9.53 Å². The zero-order chi connectivity index (χ0) is 26.7. The number of hydrogen-bond donors (Lipinski definition) is 3. The van der Waals surface area contributed by atoms with Gasteiger partial charge in [0.2, 0.25) is 0 Å². The summed E-state index contributed by atoms with van der Waals surface area (Å²) < 4.78 is 5.12. The van der Waals surface area contributed by atoms with Crippen LogP contribution in [0.2, 0.25) is 0 Å². The quantitative estimate of drug-likeness (QED) is 0.261. The van der Waals surface area contributed by atoms with Gasteiger partial charge >= 0.3 is 5.97 Å². The summed E-state index contributed by atoms with van der Waals surface area (Å²) >= 11 is 0. The Bertz CT molecular complexity index is 1440. The zero-order valence-corrected chi connectivity index (χ0v) is 20.3. The first-order valence-electron chi connectivity index (χ1n) is 11.6. The van der Waals surface area contributed by atoms with E-state index in [0.717, 1.165) is 0 Å². The van der Waals surface area contributed by atoms with Gasteiger partial charge in [0.1, 0.15) is 0 Å². The Hall–Kier alpha value is -4.79. The lowest BCUT2D eigenvalue weighted by Crippen LogP contribution is -2.29. The van der Waals surface area contributed by atoms with Crippen molar-refractivity contribution in [1.82, 2.24) is 5.32 Å². The molecule has 1 aliphatic carbocycles. The first-order chi connectivity index (χ1) is 17.7.